The quantitative estimate of drug-likeness (QED) is 0.119. The Labute approximate surface area is 267 Å². The number of amides is 1. The van der Waals surface area contributed by atoms with Gasteiger partial charge in [0.05, 0.1) is 24.5 Å². The Morgan fingerprint density at radius 3 is 2.00 bits per heavy atom. The van der Waals surface area contributed by atoms with Gasteiger partial charge in [0.2, 0.25) is 0 Å². The van der Waals surface area contributed by atoms with Crippen LogP contribution in [0.15, 0.2) is 24.3 Å². The molecule has 1 N–H and O–H groups in total. The number of nitrogens with one attached hydrogen (secondary N) is 1. The lowest BCUT2D eigenvalue weighted by atomic mass is 9.88. The zero-order valence-electron chi connectivity index (χ0n) is 26.2. The van der Waals surface area contributed by atoms with E-state index in [9.17, 15) is 43.7 Å². The third-order valence-electron chi connectivity index (χ3n) is 6.19. The molecule has 258 valence electrons. The van der Waals surface area contributed by atoms with Crippen LogP contribution in [-0.2, 0) is 66.7 Å². The molecule has 0 aromatic heterocycles. The van der Waals surface area contributed by atoms with Crippen molar-refractivity contribution in [2.75, 3.05) is 20.3 Å². The number of ether oxygens (including phenoxy) is 8. The number of nitro groups is 1. The zero-order chi connectivity index (χ0) is 35.5. The summed E-state index contributed by atoms with van der Waals surface area (Å²) in [6.45, 7) is 3.48. The molecule has 1 saturated heterocycles. The first-order chi connectivity index (χ1) is 22.0. The number of nitrogens with zero attached hydrogens (tertiary/aromatic N) is 1. The minimum absolute atomic E-state index is 0.181. The Bertz CT molecular complexity index is 1360. The van der Waals surface area contributed by atoms with Gasteiger partial charge < -0.3 is 43.2 Å². The van der Waals surface area contributed by atoms with Gasteiger partial charge >= 0.3 is 41.6 Å². The fourth-order valence-corrected chi connectivity index (χ4v) is 4.49. The Morgan fingerprint density at radius 2 is 1.51 bits per heavy atom. The molecule has 0 saturated carbocycles. The molecule has 0 spiro atoms. The van der Waals surface area contributed by atoms with Crippen LogP contribution in [0, 0.1) is 10.1 Å². The third kappa shape index (κ3) is 11.2. The fraction of sp³-hybridized carbons (Fsp3) is 0.536. The van der Waals surface area contributed by atoms with E-state index >= 15 is 0 Å². The van der Waals surface area contributed by atoms with E-state index in [4.69, 9.17) is 37.9 Å². The first kappa shape index (κ1) is 37.9. The van der Waals surface area contributed by atoms with Crippen molar-refractivity contribution in [1.29, 1.82) is 0 Å². The summed E-state index contributed by atoms with van der Waals surface area (Å²) in [6.07, 6.45) is -7.63. The number of esters is 6. The summed E-state index contributed by atoms with van der Waals surface area (Å²) in [7, 11) is 0.960. The Kier molecular flexibility index (Phi) is 13.6. The number of carbonyl (C=O) groups is 7. The van der Waals surface area contributed by atoms with E-state index in [-0.39, 0.29) is 11.4 Å². The largest absolute Gasteiger partial charge is 0.464 e. The number of hydrogen-bond donors (Lipinski definition) is 1. The van der Waals surface area contributed by atoms with E-state index in [0.29, 0.717) is 0 Å². The van der Waals surface area contributed by atoms with Gasteiger partial charge in [-0.2, -0.15) is 0 Å². The first-order valence-corrected chi connectivity index (χ1v) is 13.8. The third-order valence-corrected chi connectivity index (χ3v) is 6.19. The summed E-state index contributed by atoms with van der Waals surface area (Å²) in [5, 5.41) is 13.6. The molecule has 1 amide bonds. The molecular formula is C28H34N2O17. The van der Waals surface area contributed by atoms with Crippen LogP contribution in [0.4, 0.5) is 5.69 Å². The van der Waals surface area contributed by atoms with Crippen molar-refractivity contribution in [3.63, 3.8) is 0 Å². The van der Waals surface area contributed by atoms with Crippen LogP contribution in [0.2, 0.25) is 0 Å². The van der Waals surface area contributed by atoms with E-state index in [1.807, 2.05) is 0 Å². The van der Waals surface area contributed by atoms with E-state index in [1.54, 1.807) is 0 Å². The highest BCUT2D eigenvalue weighted by Gasteiger charge is 2.60. The lowest BCUT2D eigenvalue weighted by molar-refractivity contribution is -0.384. The number of hydrogen-bond acceptors (Lipinski definition) is 17. The molecule has 1 heterocycles. The monoisotopic (exact) mass is 670 g/mol. The molecule has 0 bridgehead atoms. The molecule has 1 aliphatic heterocycles. The minimum atomic E-state index is -2.59. The van der Waals surface area contributed by atoms with E-state index in [1.165, 1.54) is 0 Å². The number of non-ortho nitro benzene ring substituents is 1. The molecule has 1 fully saturated rings. The van der Waals surface area contributed by atoms with Crippen LogP contribution < -0.4 is 10.1 Å². The summed E-state index contributed by atoms with van der Waals surface area (Å²) in [5.41, 5.74) is -0.329. The maximum atomic E-state index is 13.4. The predicted octanol–water partition coefficient (Wildman–Crippen LogP) is 0.0379. The summed E-state index contributed by atoms with van der Waals surface area (Å²) in [4.78, 5) is 96.6. The standard InChI is InChI=1S/C28H34N2O17/c1-14(31)41-12-22(44-17(4)34)25(45-18(5)35)26-24(29-23(36)13-42-15(2)32)21(43-16(3)33)11-28(47-26,27(37)40-6)46-20-9-7-19(8-10-20)30(38)39/h7-10,21-22,24-26H,11-13H2,1-6H3,(H,29,36)/t21-,22-,24+,25+,26+,28+/m0/s1. The predicted molar refractivity (Wildman–Crippen MR) is 150 cm³/mol. The van der Waals surface area contributed by atoms with Gasteiger partial charge in [-0.05, 0) is 12.1 Å². The molecule has 1 aromatic rings. The summed E-state index contributed by atoms with van der Waals surface area (Å²) >= 11 is 0. The van der Waals surface area contributed by atoms with Crippen molar-refractivity contribution < 1.29 is 76.4 Å². The number of benzene rings is 1. The van der Waals surface area contributed by atoms with Crippen LogP contribution in [0.3, 0.4) is 0 Å². The van der Waals surface area contributed by atoms with E-state index in [0.717, 1.165) is 66.0 Å². The maximum absolute atomic E-state index is 13.4. The normalized spacial score (nSPS) is 21.4. The zero-order valence-corrected chi connectivity index (χ0v) is 26.2. The van der Waals surface area contributed by atoms with Crippen molar-refractivity contribution in [2.45, 2.75) is 77.3 Å². The Morgan fingerprint density at radius 1 is 0.915 bits per heavy atom. The van der Waals surface area contributed by atoms with Crippen LogP contribution in [0.5, 0.6) is 5.75 Å². The summed E-state index contributed by atoms with van der Waals surface area (Å²) in [5.74, 6) is -9.50. The number of rotatable bonds is 14. The van der Waals surface area contributed by atoms with Crippen molar-refractivity contribution in [2.24, 2.45) is 0 Å². The van der Waals surface area contributed by atoms with Crippen LogP contribution in [-0.4, -0.2) is 103 Å². The molecule has 6 atom stereocenters. The number of methoxy groups -OCH3 is 1. The van der Waals surface area contributed by atoms with Gasteiger partial charge in [0.1, 0.15) is 24.6 Å². The SMILES string of the molecule is COC(=O)[C@@]1(Oc2ccc([N+](=O)[O-])cc2)C[C@H](OC(C)=O)[C@@H](NC(=O)COC(C)=O)[C@H]([C@H](OC(C)=O)[C@H](COC(C)=O)OC(C)=O)O1. The minimum Gasteiger partial charge on any atom is -0.464 e. The van der Waals surface area contributed by atoms with Crippen molar-refractivity contribution in [1.82, 2.24) is 5.32 Å². The molecule has 19 nitrogen and oxygen atoms in total. The lowest BCUT2D eigenvalue weighted by Gasteiger charge is -2.48. The van der Waals surface area contributed by atoms with Gasteiger partial charge in [-0.1, -0.05) is 0 Å². The molecule has 0 aliphatic carbocycles. The molecule has 1 aliphatic rings. The van der Waals surface area contributed by atoms with Crippen LogP contribution in [0.25, 0.3) is 0 Å². The molecule has 47 heavy (non-hydrogen) atoms. The Balaban J connectivity index is 2.81. The summed E-state index contributed by atoms with van der Waals surface area (Å²) in [6, 6.07) is 2.79. The van der Waals surface area contributed by atoms with Gasteiger partial charge in [0, 0.05) is 46.8 Å². The van der Waals surface area contributed by atoms with Gasteiger partial charge in [-0.3, -0.25) is 38.9 Å². The average Bonchev–Trinajstić information content (AvgIpc) is 2.97. The van der Waals surface area contributed by atoms with Crippen LogP contribution >= 0.6 is 0 Å². The van der Waals surface area contributed by atoms with Gasteiger partial charge in [0.25, 0.3) is 11.6 Å². The number of carbonyl (C=O) groups excluding carboxylic acids is 7. The molecule has 2 rings (SSSR count). The van der Waals surface area contributed by atoms with Crippen molar-refractivity contribution in [3.05, 3.63) is 34.4 Å². The smallest absolute Gasteiger partial charge is 0.379 e. The van der Waals surface area contributed by atoms with E-state index in [2.05, 4.69) is 5.32 Å². The highest BCUT2D eigenvalue weighted by atomic mass is 16.7. The molecular weight excluding hydrogens is 636 g/mol. The molecule has 0 unspecified atom stereocenters. The second-order valence-corrected chi connectivity index (χ2v) is 9.93. The van der Waals surface area contributed by atoms with Crippen molar-refractivity contribution >= 4 is 47.4 Å². The number of nitro benzene ring substituents is 1. The second kappa shape index (κ2) is 16.8. The highest BCUT2D eigenvalue weighted by Crippen LogP contribution is 2.38. The fourth-order valence-electron chi connectivity index (χ4n) is 4.49. The van der Waals surface area contributed by atoms with Gasteiger partial charge in [-0.25, -0.2) is 4.79 Å². The van der Waals surface area contributed by atoms with Crippen LogP contribution in [0.1, 0.15) is 41.0 Å². The van der Waals surface area contributed by atoms with E-state index < -0.39 is 103 Å². The second-order valence-electron chi connectivity index (χ2n) is 9.93. The van der Waals surface area contributed by atoms with Gasteiger partial charge in [0.15, 0.2) is 18.8 Å². The lowest BCUT2D eigenvalue weighted by Crippen LogP contribution is -2.70. The van der Waals surface area contributed by atoms with Crippen molar-refractivity contribution in [3.8, 4) is 5.75 Å². The molecule has 1 aromatic carbocycles. The molecule has 0 radical (unpaired) electrons. The molecule has 19 heteroatoms. The summed E-state index contributed by atoms with van der Waals surface area (Å²) < 4.78 is 42.9. The Hall–Kier alpha value is -5.33. The maximum Gasteiger partial charge on any atom is 0.379 e. The average molecular weight is 671 g/mol. The van der Waals surface area contributed by atoms with Gasteiger partial charge in [-0.15, -0.1) is 0 Å². The topological polar surface area (TPSA) is 248 Å². The first-order valence-electron chi connectivity index (χ1n) is 13.8. The highest BCUT2D eigenvalue weighted by molar-refractivity contribution is 5.81.